The summed E-state index contributed by atoms with van der Waals surface area (Å²) in [6.07, 6.45) is 0.892. The normalized spacial score (nSPS) is 11.1. The zero-order valence-corrected chi connectivity index (χ0v) is 13.1. The van der Waals surface area contributed by atoms with Gasteiger partial charge in [-0.25, -0.2) is 4.39 Å². The fourth-order valence-electron chi connectivity index (χ4n) is 1.53. The van der Waals surface area contributed by atoms with Gasteiger partial charge in [0.25, 0.3) is 5.91 Å². The highest BCUT2D eigenvalue weighted by Gasteiger charge is 2.08. The van der Waals surface area contributed by atoms with E-state index in [-0.39, 0.29) is 11.7 Å². The van der Waals surface area contributed by atoms with Crippen molar-refractivity contribution in [1.29, 1.82) is 0 Å². The van der Waals surface area contributed by atoms with E-state index in [2.05, 4.69) is 47.0 Å². The Labute approximate surface area is 122 Å². The van der Waals surface area contributed by atoms with Crippen LogP contribution in [0.4, 0.5) is 4.39 Å². The third kappa shape index (κ3) is 5.28. The fraction of sp³-hybridized carbons (Fsp3) is 0.500. The standard InChI is InChI=1S/C14H20BrFN2O/c1-10(2)18(3)8-4-7-17-14(19)11-5-6-13(16)12(15)9-11/h5-6,9-10H,4,7-8H2,1-3H3,(H,17,19). The summed E-state index contributed by atoms with van der Waals surface area (Å²) in [7, 11) is 2.06. The van der Waals surface area contributed by atoms with E-state index in [0.29, 0.717) is 22.6 Å². The summed E-state index contributed by atoms with van der Waals surface area (Å²) in [6.45, 7) is 5.82. The quantitative estimate of drug-likeness (QED) is 0.813. The van der Waals surface area contributed by atoms with Gasteiger partial charge < -0.3 is 10.2 Å². The fourth-order valence-corrected chi connectivity index (χ4v) is 1.91. The Morgan fingerprint density at radius 2 is 2.16 bits per heavy atom. The molecular weight excluding hydrogens is 311 g/mol. The lowest BCUT2D eigenvalue weighted by Gasteiger charge is -2.20. The van der Waals surface area contributed by atoms with Crippen molar-refractivity contribution in [3.63, 3.8) is 0 Å². The number of carbonyl (C=O) groups excluding carboxylic acids is 1. The van der Waals surface area contributed by atoms with E-state index in [1.807, 2.05) is 0 Å². The Balaban J connectivity index is 2.37. The maximum atomic E-state index is 13.0. The lowest BCUT2D eigenvalue weighted by molar-refractivity contribution is 0.0951. The van der Waals surface area contributed by atoms with Crippen LogP contribution < -0.4 is 5.32 Å². The molecule has 0 unspecified atom stereocenters. The molecule has 1 amide bonds. The predicted molar refractivity (Wildman–Crippen MR) is 78.8 cm³/mol. The number of nitrogens with one attached hydrogen (secondary N) is 1. The van der Waals surface area contributed by atoms with E-state index in [1.165, 1.54) is 18.2 Å². The second-order valence-electron chi connectivity index (χ2n) is 4.81. The monoisotopic (exact) mass is 330 g/mol. The molecule has 5 heteroatoms. The molecule has 1 rings (SSSR count). The first kappa shape index (κ1) is 16.1. The van der Waals surface area contributed by atoms with Crippen LogP contribution in [0.5, 0.6) is 0 Å². The van der Waals surface area contributed by atoms with Crippen LogP contribution in [0.25, 0.3) is 0 Å². The van der Waals surface area contributed by atoms with E-state index < -0.39 is 0 Å². The molecule has 0 spiro atoms. The highest BCUT2D eigenvalue weighted by Crippen LogP contribution is 2.16. The van der Waals surface area contributed by atoms with Crippen LogP contribution in [0.1, 0.15) is 30.6 Å². The highest BCUT2D eigenvalue weighted by molar-refractivity contribution is 9.10. The molecular formula is C14H20BrFN2O. The van der Waals surface area contributed by atoms with E-state index in [1.54, 1.807) is 0 Å². The van der Waals surface area contributed by atoms with Gasteiger partial charge in [0.1, 0.15) is 5.82 Å². The Kier molecular flexibility index (Phi) is 6.45. The molecule has 0 heterocycles. The second-order valence-corrected chi connectivity index (χ2v) is 5.67. The van der Waals surface area contributed by atoms with Gasteiger partial charge in [0.15, 0.2) is 0 Å². The molecule has 0 saturated heterocycles. The molecule has 0 atom stereocenters. The number of carbonyl (C=O) groups is 1. The lowest BCUT2D eigenvalue weighted by Crippen LogP contribution is -2.31. The van der Waals surface area contributed by atoms with Gasteiger partial charge in [0, 0.05) is 18.2 Å². The molecule has 19 heavy (non-hydrogen) atoms. The van der Waals surface area contributed by atoms with E-state index >= 15 is 0 Å². The molecule has 0 aliphatic carbocycles. The highest BCUT2D eigenvalue weighted by atomic mass is 79.9. The summed E-state index contributed by atoms with van der Waals surface area (Å²) in [4.78, 5) is 14.0. The van der Waals surface area contributed by atoms with Gasteiger partial charge in [-0.1, -0.05) is 0 Å². The molecule has 3 nitrogen and oxygen atoms in total. The average molecular weight is 331 g/mol. The summed E-state index contributed by atoms with van der Waals surface area (Å²) in [5.41, 5.74) is 0.463. The van der Waals surface area contributed by atoms with Gasteiger partial charge in [-0.15, -0.1) is 0 Å². The maximum absolute atomic E-state index is 13.0. The number of halogens is 2. The van der Waals surface area contributed by atoms with Crippen LogP contribution in [0.3, 0.4) is 0 Å². The molecule has 0 aliphatic heterocycles. The van der Waals surface area contributed by atoms with Gasteiger partial charge in [0.05, 0.1) is 4.47 Å². The first-order valence-corrected chi connectivity index (χ1v) is 7.14. The lowest BCUT2D eigenvalue weighted by atomic mass is 10.2. The molecule has 1 aromatic rings. The van der Waals surface area contributed by atoms with Crippen LogP contribution in [0.15, 0.2) is 22.7 Å². The van der Waals surface area contributed by atoms with Gasteiger partial charge in [-0.05, 0) is 68.0 Å². The van der Waals surface area contributed by atoms with Crippen molar-refractivity contribution in [2.75, 3.05) is 20.1 Å². The Morgan fingerprint density at radius 1 is 1.47 bits per heavy atom. The topological polar surface area (TPSA) is 32.3 Å². The summed E-state index contributed by atoms with van der Waals surface area (Å²) < 4.78 is 13.4. The van der Waals surface area contributed by atoms with Gasteiger partial charge >= 0.3 is 0 Å². The minimum Gasteiger partial charge on any atom is -0.352 e. The maximum Gasteiger partial charge on any atom is 0.251 e. The number of nitrogens with zero attached hydrogens (tertiary/aromatic N) is 1. The van der Waals surface area contributed by atoms with E-state index in [0.717, 1.165) is 13.0 Å². The number of amides is 1. The molecule has 1 N–H and O–H groups in total. The molecule has 0 radical (unpaired) electrons. The van der Waals surface area contributed by atoms with Crippen molar-refractivity contribution in [3.8, 4) is 0 Å². The van der Waals surface area contributed by atoms with Crippen molar-refractivity contribution in [3.05, 3.63) is 34.1 Å². The number of hydrogen-bond donors (Lipinski definition) is 1. The second kappa shape index (κ2) is 7.60. The number of rotatable bonds is 6. The van der Waals surface area contributed by atoms with Gasteiger partial charge in [-0.3, -0.25) is 4.79 Å². The summed E-state index contributed by atoms with van der Waals surface area (Å²) >= 11 is 3.07. The van der Waals surface area contributed by atoms with E-state index in [9.17, 15) is 9.18 Å². The molecule has 0 saturated carbocycles. The van der Waals surface area contributed by atoms with Crippen molar-refractivity contribution in [2.45, 2.75) is 26.3 Å². The summed E-state index contributed by atoms with van der Waals surface area (Å²) in [5.74, 6) is -0.539. The first-order valence-electron chi connectivity index (χ1n) is 6.35. The van der Waals surface area contributed by atoms with Crippen LogP contribution in [-0.4, -0.2) is 37.0 Å². The minimum atomic E-state index is -0.366. The Bertz CT molecular complexity index is 437. The molecule has 106 valence electrons. The van der Waals surface area contributed by atoms with Crippen molar-refractivity contribution < 1.29 is 9.18 Å². The molecule has 0 bridgehead atoms. The van der Waals surface area contributed by atoms with Crippen LogP contribution in [0, 0.1) is 5.82 Å². The predicted octanol–water partition coefficient (Wildman–Crippen LogP) is 3.05. The molecule has 0 aliphatic rings. The number of hydrogen-bond acceptors (Lipinski definition) is 2. The SMILES string of the molecule is CC(C)N(C)CCCNC(=O)c1ccc(F)c(Br)c1. The van der Waals surface area contributed by atoms with Crippen molar-refractivity contribution in [2.24, 2.45) is 0 Å². The van der Waals surface area contributed by atoms with Crippen LogP contribution in [-0.2, 0) is 0 Å². The van der Waals surface area contributed by atoms with Gasteiger partial charge in [-0.2, -0.15) is 0 Å². The average Bonchev–Trinajstić information content (AvgIpc) is 2.37. The summed E-state index contributed by atoms with van der Waals surface area (Å²) in [6, 6.07) is 4.76. The zero-order valence-electron chi connectivity index (χ0n) is 11.5. The van der Waals surface area contributed by atoms with Gasteiger partial charge in [0.2, 0.25) is 0 Å². The van der Waals surface area contributed by atoms with Crippen LogP contribution >= 0.6 is 15.9 Å². The largest absolute Gasteiger partial charge is 0.352 e. The molecule has 0 fully saturated rings. The number of benzene rings is 1. The molecule has 1 aromatic carbocycles. The smallest absolute Gasteiger partial charge is 0.251 e. The van der Waals surface area contributed by atoms with Crippen LogP contribution in [0.2, 0.25) is 0 Å². The Hall–Kier alpha value is -0.940. The third-order valence-corrected chi connectivity index (χ3v) is 3.64. The van der Waals surface area contributed by atoms with Crippen molar-refractivity contribution in [1.82, 2.24) is 10.2 Å². The molecule has 0 aromatic heterocycles. The summed E-state index contributed by atoms with van der Waals surface area (Å²) in [5, 5.41) is 2.83. The van der Waals surface area contributed by atoms with E-state index in [4.69, 9.17) is 0 Å². The van der Waals surface area contributed by atoms with Crippen molar-refractivity contribution >= 4 is 21.8 Å². The first-order chi connectivity index (χ1) is 8.91. The Morgan fingerprint density at radius 3 is 2.74 bits per heavy atom. The zero-order chi connectivity index (χ0) is 14.4. The third-order valence-electron chi connectivity index (χ3n) is 3.04. The minimum absolute atomic E-state index is 0.173.